The number of benzene rings is 2. The molecule has 0 radical (unpaired) electrons. The first-order valence-electron chi connectivity index (χ1n) is 12.3. The molecule has 1 fully saturated rings. The van der Waals surface area contributed by atoms with Crippen molar-refractivity contribution in [2.45, 2.75) is 45.1 Å². The first-order valence-corrected chi connectivity index (χ1v) is 12.3. The second-order valence-corrected chi connectivity index (χ2v) is 9.62. The average molecular weight is 449 g/mol. The van der Waals surface area contributed by atoms with E-state index in [0.717, 1.165) is 63.0 Å². The van der Waals surface area contributed by atoms with Crippen LogP contribution < -0.4 is 9.47 Å². The number of nitrogens with zero attached hydrogens (tertiary/aromatic N) is 1. The SMILES string of the molecule is COc1cc2c(cc1OC)C(CCc1c[nH]c3ccc(C)cc13)N(CC1CCOCC1)CC2. The van der Waals surface area contributed by atoms with Gasteiger partial charge in [0.1, 0.15) is 0 Å². The van der Waals surface area contributed by atoms with Crippen LogP contribution in [0.2, 0.25) is 0 Å². The van der Waals surface area contributed by atoms with E-state index in [1.54, 1.807) is 14.2 Å². The zero-order valence-electron chi connectivity index (χ0n) is 20.2. The average Bonchev–Trinajstić information content (AvgIpc) is 3.25. The Morgan fingerprint density at radius 3 is 2.64 bits per heavy atom. The monoisotopic (exact) mass is 448 g/mol. The van der Waals surface area contributed by atoms with Crippen molar-refractivity contribution >= 4 is 10.9 Å². The normalized spacial score (nSPS) is 19.5. The van der Waals surface area contributed by atoms with Gasteiger partial charge >= 0.3 is 0 Å². The molecule has 1 N–H and O–H groups in total. The predicted octanol–water partition coefficient (Wildman–Crippen LogP) is 5.45. The Balaban J connectivity index is 1.44. The lowest BCUT2D eigenvalue weighted by molar-refractivity contribution is 0.0423. The van der Waals surface area contributed by atoms with E-state index in [4.69, 9.17) is 14.2 Å². The van der Waals surface area contributed by atoms with Crippen LogP contribution in [-0.4, -0.2) is 50.4 Å². The highest BCUT2D eigenvalue weighted by Crippen LogP contribution is 2.41. The Kier molecular flexibility index (Phi) is 6.61. The van der Waals surface area contributed by atoms with Gasteiger partial charge in [-0.25, -0.2) is 0 Å². The molecule has 3 heterocycles. The number of rotatable bonds is 7. The molecule has 2 aliphatic rings. The number of aryl methyl sites for hydroxylation is 2. The van der Waals surface area contributed by atoms with Crippen LogP contribution in [0.1, 0.15) is 47.6 Å². The lowest BCUT2D eigenvalue weighted by Gasteiger charge is -2.40. The lowest BCUT2D eigenvalue weighted by Crippen LogP contribution is -2.40. The maximum atomic E-state index is 5.69. The number of aromatic amines is 1. The number of ether oxygens (including phenoxy) is 3. The molecule has 2 aliphatic heterocycles. The van der Waals surface area contributed by atoms with Crippen LogP contribution in [0, 0.1) is 12.8 Å². The molecule has 0 saturated carbocycles. The van der Waals surface area contributed by atoms with Crippen LogP contribution in [0.5, 0.6) is 11.5 Å². The summed E-state index contributed by atoms with van der Waals surface area (Å²) < 4.78 is 16.9. The third-order valence-electron chi connectivity index (χ3n) is 7.56. The zero-order valence-corrected chi connectivity index (χ0v) is 20.2. The van der Waals surface area contributed by atoms with Crippen LogP contribution in [0.15, 0.2) is 36.5 Å². The summed E-state index contributed by atoms with van der Waals surface area (Å²) in [6.07, 6.45) is 7.74. The van der Waals surface area contributed by atoms with Gasteiger partial charge in [-0.05, 0) is 85.9 Å². The molecule has 1 atom stereocenters. The van der Waals surface area contributed by atoms with E-state index < -0.39 is 0 Å². The molecule has 0 spiro atoms. The first kappa shape index (κ1) is 22.3. The van der Waals surface area contributed by atoms with Gasteiger partial charge in [0.25, 0.3) is 0 Å². The van der Waals surface area contributed by atoms with Crippen LogP contribution in [-0.2, 0) is 17.6 Å². The molecule has 5 heteroatoms. The van der Waals surface area contributed by atoms with Gasteiger partial charge in [0.2, 0.25) is 0 Å². The van der Waals surface area contributed by atoms with Crippen molar-refractivity contribution in [3.63, 3.8) is 0 Å². The number of H-pyrrole nitrogens is 1. The number of hydrogen-bond acceptors (Lipinski definition) is 4. The summed E-state index contributed by atoms with van der Waals surface area (Å²) in [4.78, 5) is 6.19. The third kappa shape index (κ3) is 4.62. The van der Waals surface area contributed by atoms with Gasteiger partial charge in [-0.3, -0.25) is 4.90 Å². The van der Waals surface area contributed by atoms with Crippen molar-refractivity contribution in [3.8, 4) is 11.5 Å². The van der Waals surface area contributed by atoms with Crippen molar-refractivity contribution < 1.29 is 14.2 Å². The molecule has 1 unspecified atom stereocenters. The summed E-state index contributed by atoms with van der Waals surface area (Å²) in [5.41, 5.74) is 6.75. The maximum absolute atomic E-state index is 5.69. The summed E-state index contributed by atoms with van der Waals surface area (Å²) in [7, 11) is 3.46. The second kappa shape index (κ2) is 9.78. The lowest BCUT2D eigenvalue weighted by atomic mass is 9.87. The van der Waals surface area contributed by atoms with Gasteiger partial charge in [-0.1, -0.05) is 11.6 Å². The minimum Gasteiger partial charge on any atom is -0.493 e. The van der Waals surface area contributed by atoms with E-state index in [1.165, 1.54) is 46.0 Å². The fourth-order valence-corrected chi connectivity index (χ4v) is 5.69. The Morgan fingerprint density at radius 2 is 1.85 bits per heavy atom. The quantitative estimate of drug-likeness (QED) is 0.522. The highest BCUT2D eigenvalue weighted by atomic mass is 16.5. The van der Waals surface area contributed by atoms with E-state index in [1.807, 2.05) is 0 Å². The van der Waals surface area contributed by atoms with Crippen LogP contribution in [0.4, 0.5) is 0 Å². The van der Waals surface area contributed by atoms with E-state index in [-0.39, 0.29) is 0 Å². The molecule has 33 heavy (non-hydrogen) atoms. The molecular formula is C28H36N2O3. The molecule has 0 amide bonds. The molecule has 0 bridgehead atoms. The molecular weight excluding hydrogens is 412 g/mol. The van der Waals surface area contributed by atoms with Gasteiger partial charge < -0.3 is 19.2 Å². The summed E-state index contributed by atoms with van der Waals surface area (Å²) in [6, 6.07) is 11.5. The Hall–Kier alpha value is -2.50. The number of aromatic nitrogens is 1. The van der Waals surface area contributed by atoms with Crippen molar-refractivity contribution in [1.82, 2.24) is 9.88 Å². The summed E-state index contributed by atoms with van der Waals surface area (Å²) >= 11 is 0. The minimum absolute atomic E-state index is 0.381. The number of hydrogen-bond donors (Lipinski definition) is 1. The molecule has 176 valence electrons. The van der Waals surface area contributed by atoms with Crippen LogP contribution in [0.3, 0.4) is 0 Å². The van der Waals surface area contributed by atoms with Gasteiger partial charge in [0, 0.05) is 49.4 Å². The maximum Gasteiger partial charge on any atom is 0.161 e. The molecule has 1 saturated heterocycles. The molecule has 0 aliphatic carbocycles. The molecule has 2 aromatic carbocycles. The van der Waals surface area contributed by atoms with Gasteiger partial charge in [-0.2, -0.15) is 0 Å². The number of nitrogens with one attached hydrogen (secondary N) is 1. The summed E-state index contributed by atoms with van der Waals surface area (Å²) in [5, 5.41) is 1.36. The Bertz CT molecular complexity index is 1100. The minimum atomic E-state index is 0.381. The van der Waals surface area contributed by atoms with Crippen molar-refractivity contribution in [1.29, 1.82) is 0 Å². The van der Waals surface area contributed by atoms with Crippen LogP contribution in [0.25, 0.3) is 10.9 Å². The predicted molar refractivity (Wildman–Crippen MR) is 132 cm³/mol. The molecule has 1 aromatic heterocycles. The molecule has 3 aromatic rings. The number of fused-ring (bicyclic) bond motifs is 2. The Morgan fingerprint density at radius 1 is 1.06 bits per heavy atom. The van der Waals surface area contributed by atoms with Gasteiger partial charge in [0.15, 0.2) is 11.5 Å². The number of methoxy groups -OCH3 is 2. The van der Waals surface area contributed by atoms with E-state index >= 15 is 0 Å². The molecule has 5 nitrogen and oxygen atoms in total. The van der Waals surface area contributed by atoms with E-state index in [0.29, 0.717) is 6.04 Å². The standard InChI is InChI=1S/C28H36N2O3/c1-19-4-6-25-23(14-19)22(17-29-25)5-7-26-24-16-28(32-3)27(31-2)15-21(24)8-11-30(26)18-20-9-12-33-13-10-20/h4,6,14-17,20,26,29H,5,7-13,18H2,1-3H3. The summed E-state index contributed by atoms with van der Waals surface area (Å²) in [5.74, 6) is 2.38. The smallest absolute Gasteiger partial charge is 0.161 e. The summed E-state index contributed by atoms with van der Waals surface area (Å²) in [6.45, 7) is 6.22. The largest absolute Gasteiger partial charge is 0.493 e. The zero-order chi connectivity index (χ0) is 22.8. The second-order valence-electron chi connectivity index (χ2n) is 9.62. The topological polar surface area (TPSA) is 46.7 Å². The van der Waals surface area contributed by atoms with Crippen LogP contribution >= 0.6 is 0 Å². The van der Waals surface area contributed by atoms with Crippen molar-refractivity contribution in [3.05, 3.63) is 58.8 Å². The van der Waals surface area contributed by atoms with Gasteiger partial charge in [0.05, 0.1) is 14.2 Å². The molecule has 5 rings (SSSR count). The Labute approximate surface area is 197 Å². The fraction of sp³-hybridized carbons (Fsp3) is 0.500. The van der Waals surface area contributed by atoms with E-state index in [2.05, 4.69) is 53.3 Å². The highest BCUT2D eigenvalue weighted by Gasteiger charge is 2.31. The fourth-order valence-electron chi connectivity index (χ4n) is 5.69. The van der Waals surface area contributed by atoms with Crippen molar-refractivity contribution in [2.24, 2.45) is 5.92 Å². The highest BCUT2D eigenvalue weighted by molar-refractivity contribution is 5.83. The first-order chi connectivity index (χ1) is 16.2. The van der Waals surface area contributed by atoms with Gasteiger partial charge in [-0.15, -0.1) is 0 Å². The third-order valence-corrected chi connectivity index (χ3v) is 7.56. The van der Waals surface area contributed by atoms with E-state index in [9.17, 15) is 0 Å². The van der Waals surface area contributed by atoms with Crippen molar-refractivity contribution in [2.75, 3.05) is 40.5 Å².